The summed E-state index contributed by atoms with van der Waals surface area (Å²) in [5, 5.41) is 9.10. The van der Waals surface area contributed by atoms with Crippen LogP contribution in [-0.2, 0) is 11.3 Å². The fraction of sp³-hybridized carbons (Fsp3) is 0.545. The van der Waals surface area contributed by atoms with Crippen molar-refractivity contribution in [2.24, 2.45) is 5.92 Å². The number of rotatable bonds is 3. The van der Waals surface area contributed by atoms with Gasteiger partial charge in [-0.25, -0.2) is 0 Å². The lowest BCUT2D eigenvalue weighted by molar-refractivity contribution is -0.129. The number of hydrogen-bond acceptors (Lipinski definition) is 3. The average Bonchev–Trinajstić information content (AvgIpc) is 2.81. The molecule has 1 fully saturated rings. The van der Waals surface area contributed by atoms with Gasteiger partial charge in [0.25, 0.3) is 0 Å². The maximum absolute atomic E-state index is 11.7. The minimum absolute atomic E-state index is 0.0625. The third kappa shape index (κ3) is 1.90. The van der Waals surface area contributed by atoms with Crippen LogP contribution in [0, 0.1) is 5.92 Å². The van der Waals surface area contributed by atoms with Crippen molar-refractivity contribution in [3.8, 4) is 0 Å². The van der Waals surface area contributed by atoms with Crippen LogP contribution < -0.4 is 0 Å². The van der Waals surface area contributed by atoms with Crippen LogP contribution in [0.5, 0.6) is 0 Å². The summed E-state index contributed by atoms with van der Waals surface area (Å²) in [6, 6.07) is 3.75. The van der Waals surface area contributed by atoms with Gasteiger partial charge in [0.05, 0.1) is 12.8 Å². The van der Waals surface area contributed by atoms with Crippen LogP contribution in [0.4, 0.5) is 0 Å². The predicted octanol–water partition coefficient (Wildman–Crippen LogP) is 1.01. The molecule has 2 heterocycles. The molecule has 0 spiro atoms. The molecule has 1 amide bonds. The van der Waals surface area contributed by atoms with Gasteiger partial charge in [0.2, 0.25) is 5.91 Å². The van der Waals surface area contributed by atoms with Crippen LogP contribution in [0.2, 0.25) is 0 Å². The van der Waals surface area contributed by atoms with Gasteiger partial charge in [-0.1, -0.05) is 0 Å². The zero-order chi connectivity index (χ0) is 10.8. The van der Waals surface area contributed by atoms with Crippen molar-refractivity contribution in [3.63, 3.8) is 0 Å². The minimum atomic E-state index is 0.0625. The lowest BCUT2D eigenvalue weighted by Crippen LogP contribution is -2.33. The second-order valence-corrected chi connectivity index (χ2v) is 3.99. The van der Waals surface area contributed by atoms with Crippen molar-refractivity contribution in [1.82, 2.24) is 4.90 Å². The van der Waals surface area contributed by atoms with E-state index in [4.69, 9.17) is 9.52 Å². The Kier molecular flexibility index (Phi) is 2.77. The van der Waals surface area contributed by atoms with E-state index in [1.165, 1.54) is 0 Å². The summed E-state index contributed by atoms with van der Waals surface area (Å²) in [4.78, 5) is 13.4. The highest BCUT2D eigenvalue weighted by atomic mass is 16.3. The summed E-state index contributed by atoms with van der Waals surface area (Å²) in [6.07, 6.45) is 2.04. The normalized spacial score (nSPS) is 26.3. The van der Waals surface area contributed by atoms with Crippen molar-refractivity contribution < 1.29 is 14.3 Å². The molecular formula is C11H15NO3. The molecule has 0 saturated carbocycles. The standard InChI is InChI=1S/C11H15NO3/c1-8-9(7-13)5-11(14)12(8)6-10-3-2-4-15-10/h2-4,8-9,13H,5-7H2,1H3. The van der Waals surface area contributed by atoms with Crippen LogP contribution in [0.15, 0.2) is 22.8 Å². The third-order valence-corrected chi connectivity index (χ3v) is 3.07. The monoisotopic (exact) mass is 209 g/mol. The second-order valence-electron chi connectivity index (χ2n) is 3.99. The first-order valence-corrected chi connectivity index (χ1v) is 5.15. The van der Waals surface area contributed by atoms with Gasteiger partial charge in [-0.3, -0.25) is 4.79 Å². The molecule has 82 valence electrons. The summed E-state index contributed by atoms with van der Waals surface area (Å²) >= 11 is 0. The summed E-state index contributed by atoms with van der Waals surface area (Å²) in [5.74, 6) is 0.944. The number of aliphatic hydroxyl groups is 1. The lowest BCUT2D eigenvalue weighted by atomic mass is 10.0. The Morgan fingerprint density at radius 1 is 1.67 bits per heavy atom. The molecule has 2 unspecified atom stereocenters. The fourth-order valence-electron chi connectivity index (χ4n) is 2.01. The topological polar surface area (TPSA) is 53.7 Å². The smallest absolute Gasteiger partial charge is 0.223 e. The fourth-order valence-corrected chi connectivity index (χ4v) is 2.01. The first-order valence-electron chi connectivity index (χ1n) is 5.15. The first-order chi connectivity index (χ1) is 7.22. The average molecular weight is 209 g/mol. The van der Waals surface area contributed by atoms with Gasteiger partial charge in [-0.15, -0.1) is 0 Å². The molecule has 1 aliphatic rings. The molecule has 1 N–H and O–H groups in total. The molecule has 4 heteroatoms. The van der Waals surface area contributed by atoms with Gasteiger partial charge in [0, 0.05) is 25.0 Å². The van der Waals surface area contributed by atoms with Crippen molar-refractivity contribution in [1.29, 1.82) is 0 Å². The van der Waals surface area contributed by atoms with Crippen LogP contribution in [0.25, 0.3) is 0 Å². The maximum Gasteiger partial charge on any atom is 0.223 e. The predicted molar refractivity (Wildman–Crippen MR) is 53.9 cm³/mol. The quantitative estimate of drug-likeness (QED) is 0.808. The molecule has 1 saturated heterocycles. The van der Waals surface area contributed by atoms with Gasteiger partial charge < -0.3 is 14.4 Å². The lowest BCUT2D eigenvalue weighted by Gasteiger charge is -2.22. The molecule has 0 radical (unpaired) electrons. The van der Waals surface area contributed by atoms with Gasteiger partial charge in [-0.05, 0) is 19.1 Å². The van der Waals surface area contributed by atoms with E-state index < -0.39 is 0 Å². The van der Waals surface area contributed by atoms with Crippen molar-refractivity contribution in [2.45, 2.75) is 25.9 Å². The summed E-state index contributed by atoms with van der Waals surface area (Å²) < 4.78 is 5.20. The van der Waals surface area contributed by atoms with Gasteiger partial charge in [-0.2, -0.15) is 0 Å². The molecule has 4 nitrogen and oxygen atoms in total. The van der Waals surface area contributed by atoms with E-state index in [0.717, 1.165) is 5.76 Å². The molecule has 0 aromatic carbocycles. The zero-order valence-electron chi connectivity index (χ0n) is 8.72. The highest BCUT2D eigenvalue weighted by Gasteiger charge is 2.36. The van der Waals surface area contributed by atoms with Gasteiger partial charge in [0.1, 0.15) is 5.76 Å². The van der Waals surface area contributed by atoms with Gasteiger partial charge >= 0.3 is 0 Å². The van der Waals surface area contributed by atoms with Gasteiger partial charge in [0.15, 0.2) is 0 Å². The summed E-state index contributed by atoms with van der Waals surface area (Å²) in [7, 11) is 0. The number of amides is 1. The highest BCUT2D eigenvalue weighted by molar-refractivity contribution is 5.79. The Labute approximate surface area is 88.5 Å². The molecule has 0 bridgehead atoms. The maximum atomic E-state index is 11.7. The SMILES string of the molecule is CC1C(CO)CC(=O)N1Cc1ccco1. The molecule has 2 atom stereocenters. The molecule has 0 aliphatic carbocycles. The number of furan rings is 1. The largest absolute Gasteiger partial charge is 0.467 e. The van der Waals surface area contributed by atoms with E-state index >= 15 is 0 Å². The van der Waals surface area contributed by atoms with Crippen molar-refractivity contribution >= 4 is 5.91 Å². The molecule has 1 aliphatic heterocycles. The molecule has 1 aromatic heterocycles. The highest BCUT2D eigenvalue weighted by Crippen LogP contribution is 2.26. The number of hydrogen-bond donors (Lipinski definition) is 1. The molecule has 15 heavy (non-hydrogen) atoms. The number of carbonyl (C=O) groups is 1. The molecular weight excluding hydrogens is 194 g/mol. The molecule has 1 aromatic rings. The number of likely N-dealkylation sites (tertiary alicyclic amines) is 1. The second kappa shape index (κ2) is 4.06. The first kappa shape index (κ1) is 10.2. The van der Waals surface area contributed by atoms with E-state index in [1.54, 1.807) is 11.2 Å². The number of carbonyl (C=O) groups excluding carboxylic acids is 1. The summed E-state index contributed by atoms with van der Waals surface area (Å²) in [5.41, 5.74) is 0. The van der Waals surface area contributed by atoms with Crippen LogP contribution >= 0.6 is 0 Å². The Morgan fingerprint density at radius 2 is 2.47 bits per heavy atom. The third-order valence-electron chi connectivity index (χ3n) is 3.07. The Balaban J connectivity index is 2.06. The van der Waals surface area contributed by atoms with E-state index in [1.807, 2.05) is 19.1 Å². The number of nitrogens with zero attached hydrogens (tertiary/aromatic N) is 1. The van der Waals surface area contributed by atoms with Crippen LogP contribution in [0.1, 0.15) is 19.1 Å². The van der Waals surface area contributed by atoms with Crippen molar-refractivity contribution in [2.75, 3.05) is 6.61 Å². The van der Waals surface area contributed by atoms with E-state index in [-0.39, 0.29) is 24.5 Å². The Bertz CT molecular complexity index is 334. The van der Waals surface area contributed by atoms with E-state index in [9.17, 15) is 4.79 Å². The Morgan fingerprint density at radius 3 is 3.00 bits per heavy atom. The minimum Gasteiger partial charge on any atom is -0.467 e. The molecule has 2 rings (SSSR count). The van der Waals surface area contributed by atoms with Crippen molar-refractivity contribution in [3.05, 3.63) is 24.2 Å². The summed E-state index contributed by atoms with van der Waals surface area (Å²) in [6.45, 7) is 2.54. The van der Waals surface area contributed by atoms with E-state index in [0.29, 0.717) is 13.0 Å². The van der Waals surface area contributed by atoms with E-state index in [2.05, 4.69) is 0 Å². The zero-order valence-corrected chi connectivity index (χ0v) is 8.72. The van der Waals surface area contributed by atoms with Crippen LogP contribution in [0.3, 0.4) is 0 Å². The Hall–Kier alpha value is -1.29. The number of aliphatic hydroxyl groups excluding tert-OH is 1. The van der Waals surface area contributed by atoms with Crippen LogP contribution in [-0.4, -0.2) is 28.6 Å².